The van der Waals surface area contributed by atoms with E-state index in [4.69, 9.17) is 9.72 Å². The number of aromatic nitrogens is 2. The average Bonchev–Trinajstić information content (AvgIpc) is 3.53. The van der Waals surface area contributed by atoms with Crippen molar-refractivity contribution < 1.29 is 19.4 Å². The Labute approximate surface area is 248 Å². The van der Waals surface area contributed by atoms with E-state index < -0.39 is 0 Å². The van der Waals surface area contributed by atoms with Crippen LogP contribution in [0.4, 0.5) is 23.1 Å². The summed E-state index contributed by atoms with van der Waals surface area (Å²) in [6, 6.07) is 5.89. The molecule has 11 heteroatoms. The minimum Gasteiger partial charge on any atom is -0.489 e. The Morgan fingerprint density at radius 3 is 2.57 bits per heavy atom. The fraction of sp³-hybridized carbons (Fsp3) is 0.613. The molecule has 2 fully saturated rings. The van der Waals surface area contributed by atoms with Gasteiger partial charge in [0.05, 0.1) is 18.5 Å². The van der Waals surface area contributed by atoms with Gasteiger partial charge in [-0.2, -0.15) is 4.98 Å². The number of carbonyl (C=O) groups excluding carboxylic acids is 2. The third kappa shape index (κ3) is 6.32. The van der Waals surface area contributed by atoms with Gasteiger partial charge in [-0.05, 0) is 64.2 Å². The van der Waals surface area contributed by atoms with Crippen molar-refractivity contribution in [2.75, 3.05) is 48.5 Å². The summed E-state index contributed by atoms with van der Waals surface area (Å²) in [5, 5.41) is 15.9. The van der Waals surface area contributed by atoms with Crippen molar-refractivity contribution in [3.05, 3.63) is 30.0 Å². The predicted octanol–water partition coefficient (Wildman–Crippen LogP) is 3.70. The number of aliphatic hydroxyl groups is 1. The molecule has 0 bridgehead atoms. The number of nitrogens with one attached hydrogen (secondary N) is 2. The Hall–Kier alpha value is -3.44. The summed E-state index contributed by atoms with van der Waals surface area (Å²) >= 11 is 0. The molecule has 0 spiro atoms. The van der Waals surface area contributed by atoms with E-state index in [0.717, 1.165) is 57.4 Å². The smallest absolute Gasteiger partial charge is 0.251 e. The van der Waals surface area contributed by atoms with Crippen LogP contribution in [0.25, 0.3) is 0 Å². The Balaban J connectivity index is 1.37. The molecule has 1 saturated carbocycles. The van der Waals surface area contributed by atoms with Crippen LogP contribution in [0.1, 0.15) is 76.1 Å². The number of likely N-dealkylation sites (N-methyl/N-ethyl adjacent to an activating group) is 1. The minimum absolute atomic E-state index is 0.0697. The van der Waals surface area contributed by atoms with Crippen molar-refractivity contribution in [1.29, 1.82) is 0 Å². The van der Waals surface area contributed by atoms with Gasteiger partial charge in [0, 0.05) is 43.8 Å². The second kappa shape index (κ2) is 13.2. The van der Waals surface area contributed by atoms with Crippen molar-refractivity contribution in [3.8, 4) is 5.75 Å². The normalized spacial score (nSPS) is 20.2. The van der Waals surface area contributed by atoms with Crippen LogP contribution in [-0.4, -0.2) is 89.3 Å². The highest BCUT2D eigenvalue weighted by Crippen LogP contribution is 2.40. The first-order valence-electron chi connectivity index (χ1n) is 15.4. The summed E-state index contributed by atoms with van der Waals surface area (Å²) < 4.78 is 5.84. The molecular formula is C31H45N7O4. The number of amides is 2. The molecule has 2 aliphatic heterocycles. The second-order valence-electron chi connectivity index (χ2n) is 11.9. The number of ether oxygens (including phenoxy) is 1. The van der Waals surface area contributed by atoms with Crippen molar-refractivity contribution in [1.82, 2.24) is 20.2 Å². The van der Waals surface area contributed by atoms with Crippen molar-refractivity contribution >= 4 is 35.0 Å². The molecule has 2 aromatic rings. The number of fused-ring (bicyclic) bond motifs is 1. The molecule has 1 atom stereocenters. The number of benzene rings is 1. The Morgan fingerprint density at radius 2 is 1.90 bits per heavy atom. The molecule has 1 aromatic carbocycles. The monoisotopic (exact) mass is 579 g/mol. The van der Waals surface area contributed by atoms with E-state index in [9.17, 15) is 14.7 Å². The lowest BCUT2D eigenvalue weighted by atomic mass is 10.0. The van der Waals surface area contributed by atoms with Crippen LogP contribution in [-0.2, 0) is 4.79 Å². The molecule has 42 heavy (non-hydrogen) atoms. The Kier molecular flexibility index (Phi) is 9.47. The lowest BCUT2D eigenvalue weighted by Gasteiger charge is -2.43. The standard InChI is InChI=1S/C31H45N7O4/c1-5-25-30(41)36(4)26-19-32-31(35-28(26)38(25)23-8-6-7-9-23)34-24-11-10-21(18-27(24)42-17-16-39)29(40)33-22-12-14-37(15-13-22)20(2)3/h10-11,18-20,22-23,25,39H,5-9,12-17H2,1-4H3,(H,33,40)(H,32,34,35)/t25-/m1/s1. The SMILES string of the molecule is CC[C@@H]1C(=O)N(C)c2cnc(Nc3ccc(C(=O)NC4CCN(C(C)C)CC4)cc3OCCO)nc2N1C1CCCC1. The number of anilines is 4. The largest absolute Gasteiger partial charge is 0.489 e. The summed E-state index contributed by atoms with van der Waals surface area (Å²) in [4.78, 5) is 42.1. The molecular weight excluding hydrogens is 534 g/mol. The molecule has 3 N–H and O–H groups in total. The zero-order valence-electron chi connectivity index (χ0n) is 25.3. The van der Waals surface area contributed by atoms with Gasteiger partial charge in [0.25, 0.3) is 5.91 Å². The number of likely N-dealkylation sites (tertiary alicyclic amines) is 1. The summed E-state index contributed by atoms with van der Waals surface area (Å²) in [5.74, 6) is 1.48. The lowest BCUT2D eigenvalue weighted by molar-refractivity contribution is -0.120. The number of carbonyl (C=O) groups is 2. The topological polar surface area (TPSA) is 123 Å². The summed E-state index contributed by atoms with van der Waals surface area (Å²) in [7, 11) is 1.78. The van der Waals surface area contributed by atoms with Gasteiger partial charge in [0.1, 0.15) is 24.1 Å². The molecule has 0 radical (unpaired) electrons. The van der Waals surface area contributed by atoms with Crippen LogP contribution < -0.4 is 25.2 Å². The summed E-state index contributed by atoms with van der Waals surface area (Å²) in [6.45, 7) is 8.31. The van der Waals surface area contributed by atoms with Gasteiger partial charge >= 0.3 is 0 Å². The van der Waals surface area contributed by atoms with Crippen LogP contribution in [0, 0.1) is 0 Å². The van der Waals surface area contributed by atoms with Crippen LogP contribution in [0.2, 0.25) is 0 Å². The first-order chi connectivity index (χ1) is 20.3. The van der Waals surface area contributed by atoms with Gasteiger partial charge in [-0.1, -0.05) is 19.8 Å². The highest BCUT2D eigenvalue weighted by Gasteiger charge is 2.41. The first-order valence-corrected chi connectivity index (χ1v) is 15.4. The maximum absolute atomic E-state index is 13.2. The molecule has 1 aliphatic carbocycles. The number of nitrogens with zero attached hydrogens (tertiary/aromatic N) is 5. The molecule has 2 amide bonds. The zero-order chi connectivity index (χ0) is 29.8. The highest BCUT2D eigenvalue weighted by molar-refractivity contribution is 6.04. The van der Waals surface area contributed by atoms with Crippen LogP contribution in [0.3, 0.4) is 0 Å². The third-order valence-corrected chi connectivity index (χ3v) is 8.85. The van der Waals surface area contributed by atoms with E-state index in [1.165, 1.54) is 0 Å². The molecule has 5 rings (SSSR count). The molecule has 0 unspecified atom stereocenters. The minimum atomic E-state index is -0.257. The van der Waals surface area contributed by atoms with E-state index >= 15 is 0 Å². The predicted molar refractivity (Wildman–Crippen MR) is 164 cm³/mol. The van der Waals surface area contributed by atoms with Crippen LogP contribution in [0.5, 0.6) is 5.75 Å². The number of piperidine rings is 1. The zero-order valence-corrected chi connectivity index (χ0v) is 25.3. The quantitative estimate of drug-likeness (QED) is 0.387. The first kappa shape index (κ1) is 30.0. The van der Waals surface area contributed by atoms with Gasteiger partial charge in [-0.15, -0.1) is 0 Å². The third-order valence-electron chi connectivity index (χ3n) is 8.85. The number of hydrogen-bond acceptors (Lipinski definition) is 9. The molecule has 3 heterocycles. The summed E-state index contributed by atoms with van der Waals surface area (Å²) in [5.41, 5.74) is 1.78. The maximum atomic E-state index is 13.2. The molecule has 3 aliphatic rings. The Bertz CT molecular complexity index is 1260. The van der Waals surface area contributed by atoms with Crippen molar-refractivity contribution in [2.45, 2.75) is 89.9 Å². The maximum Gasteiger partial charge on any atom is 0.251 e. The van der Waals surface area contributed by atoms with Crippen molar-refractivity contribution in [2.24, 2.45) is 0 Å². The van der Waals surface area contributed by atoms with Gasteiger partial charge in [-0.25, -0.2) is 4.98 Å². The Morgan fingerprint density at radius 1 is 1.17 bits per heavy atom. The molecule has 1 saturated heterocycles. The lowest BCUT2D eigenvalue weighted by Crippen LogP contribution is -2.55. The summed E-state index contributed by atoms with van der Waals surface area (Å²) in [6.07, 6.45) is 8.61. The average molecular weight is 580 g/mol. The van der Waals surface area contributed by atoms with E-state index in [-0.39, 0.29) is 43.2 Å². The number of aliphatic hydroxyl groups excluding tert-OH is 1. The van der Waals surface area contributed by atoms with Gasteiger partial charge in [-0.3, -0.25) is 9.59 Å². The number of hydrogen-bond donors (Lipinski definition) is 3. The molecule has 228 valence electrons. The van der Waals surface area contributed by atoms with E-state index in [1.54, 1.807) is 36.3 Å². The van der Waals surface area contributed by atoms with Gasteiger partial charge in [0.2, 0.25) is 11.9 Å². The second-order valence-corrected chi connectivity index (χ2v) is 11.9. The van der Waals surface area contributed by atoms with E-state index in [2.05, 4.69) is 39.3 Å². The van der Waals surface area contributed by atoms with Crippen molar-refractivity contribution in [3.63, 3.8) is 0 Å². The fourth-order valence-electron chi connectivity index (χ4n) is 6.43. The molecule has 11 nitrogen and oxygen atoms in total. The van der Waals surface area contributed by atoms with Gasteiger partial charge in [0.15, 0.2) is 5.82 Å². The fourth-order valence-corrected chi connectivity index (χ4v) is 6.43. The highest BCUT2D eigenvalue weighted by atomic mass is 16.5. The number of rotatable bonds is 10. The van der Waals surface area contributed by atoms with E-state index in [0.29, 0.717) is 41.1 Å². The van der Waals surface area contributed by atoms with Gasteiger partial charge < -0.3 is 35.2 Å². The molecule has 1 aromatic heterocycles. The van der Waals surface area contributed by atoms with E-state index in [1.807, 2.05) is 6.92 Å². The van der Waals surface area contributed by atoms with Crippen LogP contribution in [0.15, 0.2) is 24.4 Å². The van der Waals surface area contributed by atoms with Crippen LogP contribution >= 0.6 is 0 Å².